The van der Waals surface area contributed by atoms with Crippen LogP contribution in [0.15, 0.2) is 12.1 Å². The second-order valence-electron chi connectivity index (χ2n) is 3.72. The summed E-state index contributed by atoms with van der Waals surface area (Å²) in [4.78, 5) is 17.5. The maximum Gasteiger partial charge on any atom is 0.356 e. The Labute approximate surface area is 99.2 Å². The minimum absolute atomic E-state index is 0.261. The van der Waals surface area contributed by atoms with Gasteiger partial charge in [-0.25, -0.2) is 9.78 Å². The maximum atomic E-state index is 11.4. The molecular weight excluding hydrogens is 228 g/mol. The summed E-state index contributed by atoms with van der Waals surface area (Å²) in [5.74, 6) is -0.456. The number of pyridine rings is 1. The molecule has 0 saturated carbocycles. The number of methoxy groups -OCH3 is 1. The van der Waals surface area contributed by atoms with Gasteiger partial charge in [-0.2, -0.15) is 0 Å². The molecule has 1 aliphatic heterocycles. The van der Waals surface area contributed by atoms with Crippen LogP contribution in [-0.2, 0) is 4.74 Å². The summed E-state index contributed by atoms with van der Waals surface area (Å²) < 4.78 is 4.63. The normalized spacial score (nSPS) is 15.2. The lowest BCUT2D eigenvalue weighted by molar-refractivity contribution is 0.0594. The van der Waals surface area contributed by atoms with Gasteiger partial charge in [-0.3, -0.25) is 0 Å². The molecule has 0 unspecified atom stereocenters. The molecule has 1 aliphatic rings. The van der Waals surface area contributed by atoms with E-state index in [0.717, 1.165) is 18.8 Å². The Morgan fingerprint density at radius 2 is 2.12 bits per heavy atom. The van der Waals surface area contributed by atoms with E-state index < -0.39 is 5.97 Å². The first-order chi connectivity index (χ1) is 7.70. The maximum absolute atomic E-state index is 11.4. The standard InChI is InChI=1S/C11H13ClN2O2/c1-16-11(15)9-6-8(7-10(12)13-9)14-4-2-3-5-14/h6-7H,2-5H2,1H3. The molecule has 0 amide bonds. The fourth-order valence-corrected chi connectivity index (χ4v) is 2.05. The molecule has 1 aromatic rings. The lowest BCUT2D eigenvalue weighted by atomic mass is 10.3. The molecule has 0 spiro atoms. The number of esters is 1. The first kappa shape index (κ1) is 11.2. The molecule has 4 nitrogen and oxygen atoms in total. The highest BCUT2D eigenvalue weighted by molar-refractivity contribution is 6.29. The van der Waals surface area contributed by atoms with Crippen molar-refractivity contribution >= 4 is 23.3 Å². The lowest BCUT2D eigenvalue weighted by Crippen LogP contribution is -2.18. The highest BCUT2D eigenvalue weighted by Gasteiger charge is 2.16. The van der Waals surface area contributed by atoms with Gasteiger partial charge in [0.05, 0.1) is 7.11 Å². The van der Waals surface area contributed by atoms with Crippen LogP contribution in [0.1, 0.15) is 23.3 Å². The molecule has 0 aromatic carbocycles. The molecule has 1 saturated heterocycles. The van der Waals surface area contributed by atoms with E-state index in [-0.39, 0.29) is 5.69 Å². The summed E-state index contributed by atoms with van der Waals surface area (Å²) in [5.41, 5.74) is 1.20. The molecule has 0 radical (unpaired) electrons. The van der Waals surface area contributed by atoms with Gasteiger partial charge in [-0.15, -0.1) is 0 Å². The van der Waals surface area contributed by atoms with Gasteiger partial charge in [0.25, 0.3) is 0 Å². The van der Waals surface area contributed by atoms with Gasteiger partial charge >= 0.3 is 5.97 Å². The van der Waals surface area contributed by atoms with Crippen LogP contribution >= 0.6 is 11.6 Å². The number of rotatable bonds is 2. The Bertz CT molecular complexity index is 403. The predicted octanol–water partition coefficient (Wildman–Crippen LogP) is 2.12. The van der Waals surface area contributed by atoms with Gasteiger partial charge in [-0.1, -0.05) is 11.6 Å². The molecule has 0 N–H and O–H groups in total. The highest BCUT2D eigenvalue weighted by atomic mass is 35.5. The number of halogens is 1. The fourth-order valence-electron chi connectivity index (χ4n) is 1.85. The number of carbonyl (C=O) groups is 1. The van der Waals surface area contributed by atoms with Crippen LogP contribution in [0.25, 0.3) is 0 Å². The quantitative estimate of drug-likeness (QED) is 0.587. The van der Waals surface area contributed by atoms with E-state index in [4.69, 9.17) is 11.6 Å². The van der Waals surface area contributed by atoms with Crippen molar-refractivity contribution in [3.63, 3.8) is 0 Å². The summed E-state index contributed by atoms with van der Waals surface area (Å²) in [5, 5.41) is 0.324. The van der Waals surface area contributed by atoms with Gasteiger partial charge in [0.1, 0.15) is 5.15 Å². The number of hydrogen-bond donors (Lipinski definition) is 0. The SMILES string of the molecule is COC(=O)c1cc(N2CCCC2)cc(Cl)n1. The zero-order chi connectivity index (χ0) is 11.5. The average Bonchev–Trinajstić information content (AvgIpc) is 2.80. The summed E-state index contributed by atoms with van der Waals surface area (Å²) >= 11 is 5.88. The number of aromatic nitrogens is 1. The molecule has 2 heterocycles. The second-order valence-corrected chi connectivity index (χ2v) is 4.11. The smallest absolute Gasteiger partial charge is 0.356 e. The van der Waals surface area contributed by atoms with Crippen LogP contribution in [0.3, 0.4) is 0 Å². The Morgan fingerprint density at radius 1 is 1.44 bits per heavy atom. The Kier molecular flexibility index (Phi) is 3.29. The van der Waals surface area contributed by atoms with Gasteiger partial charge in [0, 0.05) is 18.8 Å². The van der Waals surface area contributed by atoms with Crippen molar-refractivity contribution in [3.05, 3.63) is 23.0 Å². The van der Waals surface area contributed by atoms with Crippen molar-refractivity contribution < 1.29 is 9.53 Å². The summed E-state index contributed by atoms with van der Waals surface area (Å²) in [7, 11) is 1.33. The molecule has 5 heteroatoms. The van der Waals surface area contributed by atoms with E-state index in [0.29, 0.717) is 5.15 Å². The minimum atomic E-state index is -0.456. The minimum Gasteiger partial charge on any atom is -0.464 e. The van der Waals surface area contributed by atoms with Crippen LogP contribution in [0.2, 0.25) is 5.15 Å². The average molecular weight is 241 g/mol. The number of nitrogens with zero attached hydrogens (tertiary/aromatic N) is 2. The van der Waals surface area contributed by atoms with Crippen molar-refractivity contribution in [1.29, 1.82) is 0 Å². The number of anilines is 1. The van der Waals surface area contributed by atoms with Gasteiger partial charge < -0.3 is 9.64 Å². The third-order valence-corrected chi connectivity index (χ3v) is 2.84. The summed E-state index contributed by atoms with van der Waals surface area (Å²) in [6.45, 7) is 2.00. The fraction of sp³-hybridized carbons (Fsp3) is 0.455. The van der Waals surface area contributed by atoms with Crippen LogP contribution in [-0.4, -0.2) is 31.2 Å². The van der Waals surface area contributed by atoms with E-state index in [2.05, 4.69) is 14.6 Å². The zero-order valence-corrected chi connectivity index (χ0v) is 9.83. The Balaban J connectivity index is 2.31. The molecule has 1 fully saturated rings. The van der Waals surface area contributed by atoms with Crippen LogP contribution in [0.4, 0.5) is 5.69 Å². The molecule has 0 bridgehead atoms. The van der Waals surface area contributed by atoms with Gasteiger partial charge in [0.2, 0.25) is 0 Å². The lowest BCUT2D eigenvalue weighted by Gasteiger charge is -2.18. The first-order valence-electron chi connectivity index (χ1n) is 5.21. The second kappa shape index (κ2) is 4.70. The third kappa shape index (κ3) is 2.27. The van der Waals surface area contributed by atoms with Crippen LogP contribution < -0.4 is 4.90 Å². The molecule has 0 atom stereocenters. The highest BCUT2D eigenvalue weighted by Crippen LogP contribution is 2.23. The van der Waals surface area contributed by atoms with E-state index >= 15 is 0 Å². The van der Waals surface area contributed by atoms with Crippen molar-refractivity contribution in [1.82, 2.24) is 4.98 Å². The molecule has 16 heavy (non-hydrogen) atoms. The topological polar surface area (TPSA) is 42.4 Å². The van der Waals surface area contributed by atoms with E-state index in [1.807, 2.05) is 0 Å². The van der Waals surface area contributed by atoms with Crippen LogP contribution in [0, 0.1) is 0 Å². The molecule has 0 aliphatic carbocycles. The van der Waals surface area contributed by atoms with E-state index in [9.17, 15) is 4.79 Å². The largest absolute Gasteiger partial charge is 0.464 e. The Morgan fingerprint density at radius 3 is 2.75 bits per heavy atom. The predicted molar refractivity (Wildman–Crippen MR) is 62.0 cm³/mol. The van der Waals surface area contributed by atoms with Crippen LogP contribution in [0.5, 0.6) is 0 Å². The first-order valence-corrected chi connectivity index (χ1v) is 5.59. The summed E-state index contributed by atoms with van der Waals surface area (Å²) in [6, 6.07) is 3.50. The molecule has 86 valence electrons. The summed E-state index contributed by atoms with van der Waals surface area (Å²) in [6.07, 6.45) is 2.35. The molecule has 2 rings (SSSR count). The van der Waals surface area contributed by atoms with Crippen molar-refractivity contribution in [2.45, 2.75) is 12.8 Å². The third-order valence-electron chi connectivity index (χ3n) is 2.64. The number of carbonyl (C=O) groups excluding carboxylic acids is 1. The van der Waals surface area contributed by atoms with Gasteiger partial charge in [-0.05, 0) is 25.0 Å². The van der Waals surface area contributed by atoms with Gasteiger partial charge in [0.15, 0.2) is 5.69 Å². The molecular formula is C11H13ClN2O2. The van der Waals surface area contributed by atoms with Crippen molar-refractivity contribution in [2.24, 2.45) is 0 Å². The Hall–Kier alpha value is -1.29. The zero-order valence-electron chi connectivity index (χ0n) is 9.07. The molecule has 1 aromatic heterocycles. The van der Waals surface area contributed by atoms with E-state index in [1.54, 1.807) is 12.1 Å². The van der Waals surface area contributed by atoms with E-state index in [1.165, 1.54) is 20.0 Å². The number of hydrogen-bond acceptors (Lipinski definition) is 4. The monoisotopic (exact) mass is 240 g/mol. The van der Waals surface area contributed by atoms with Crippen molar-refractivity contribution in [3.8, 4) is 0 Å². The van der Waals surface area contributed by atoms with Crippen molar-refractivity contribution in [2.75, 3.05) is 25.1 Å². The number of ether oxygens (including phenoxy) is 1.